The zero-order valence-corrected chi connectivity index (χ0v) is 24.3. The first-order chi connectivity index (χ1) is 19.5. The van der Waals surface area contributed by atoms with Crippen LogP contribution in [0.5, 0.6) is 0 Å². The van der Waals surface area contributed by atoms with Crippen molar-refractivity contribution in [3.63, 3.8) is 0 Å². The number of aromatic carboxylic acids is 1. The van der Waals surface area contributed by atoms with Crippen molar-refractivity contribution >= 4 is 81.8 Å². The third-order valence-corrected chi connectivity index (χ3v) is 7.75. The second-order valence-electron chi connectivity index (χ2n) is 7.93. The Labute approximate surface area is 242 Å². The van der Waals surface area contributed by atoms with Crippen LogP contribution in [0.4, 0.5) is 23.5 Å². The van der Waals surface area contributed by atoms with E-state index in [0.717, 1.165) is 23.7 Å². The van der Waals surface area contributed by atoms with Gasteiger partial charge in [-0.1, -0.05) is 0 Å². The number of hydrogen-bond donors (Lipinski definition) is 6. The minimum atomic E-state index is -4.82. The Hall–Kier alpha value is -4.35. The number of sulfonamides is 1. The monoisotopic (exact) mass is 660 g/mol. The number of hydrogen-bond acceptors (Lipinski definition) is 16. The maximum absolute atomic E-state index is 11.9. The summed E-state index contributed by atoms with van der Waals surface area (Å²) in [7, 11) is -11.3. The van der Waals surface area contributed by atoms with Gasteiger partial charge in [0.25, 0.3) is 10.1 Å². The summed E-state index contributed by atoms with van der Waals surface area (Å²) in [5, 5.41) is 15.5. The van der Waals surface area contributed by atoms with Crippen LogP contribution in [0.25, 0.3) is 20.8 Å². The second kappa shape index (κ2) is 13.1. The van der Waals surface area contributed by atoms with Crippen molar-refractivity contribution in [1.29, 1.82) is 0 Å². The molecule has 0 radical (unpaired) electrons. The number of rotatable bonds is 10. The van der Waals surface area contributed by atoms with Crippen molar-refractivity contribution in [2.75, 3.05) is 35.7 Å². The van der Waals surface area contributed by atoms with Crippen LogP contribution >= 0.6 is 11.3 Å². The van der Waals surface area contributed by atoms with E-state index in [1.165, 1.54) is 6.07 Å². The van der Waals surface area contributed by atoms with Crippen LogP contribution in [0.3, 0.4) is 0 Å². The third kappa shape index (κ3) is 9.08. The Morgan fingerprint density at radius 2 is 1.57 bits per heavy atom. The lowest BCUT2D eigenvalue weighted by molar-refractivity contribution is 0.0692. The first-order valence-corrected chi connectivity index (χ1v) is 16.2. The Balaban J connectivity index is 0.00000114. The zero-order valence-electron chi connectivity index (χ0n) is 21.0. The summed E-state index contributed by atoms with van der Waals surface area (Å²) in [6, 6.07) is 9.18. The van der Waals surface area contributed by atoms with Gasteiger partial charge in [0.15, 0.2) is 0 Å². The van der Waals surface area contributed by atoms with Gasteiger partial charge in [-0.25, -0.2) is 22.9 Å². The van der Waals surface area contributed by atoms with Crippen LogP contribution in [-0.4, -0.2) is 84.4 Å². The van der Waals surface area contributed by atoms with Gasteiger partial charge in [-0.3, -0.25) is 4.55 Å². The number of nitrogens with one attached hydrogen (secondary N) is 3. The Kier molecular flexibility index (Phi) is 10.0. The molecule has 0 aliphatic carbocycles. The van der Waals surface area contributed by atoms with Gasteiger partial charge in [-0.05, 0) is 36.4 Å². The lowest BCUT2D eigenvalue weighted by Gasteiger charge is -2.09. The molecule has 0 saturated carbocycles. The highest BCUT2D eigenvalue weighted by Crippen LogP contribution is 2.36. The number of nitrogen functional groups attached to an aromatic ring is 1. The van der Waals surface area contributed by atoms with E-state index in [9.17, 15) is 31.3 Å². The molecule has 2 aromatic heterocycles. The molecule has 4 rings (SSSR count). The number of nitrogens with two attached hydrogens (primary N) is 1. The molecule has 4 aromatic rings. The smallest absolute Gasteiger partial charge is 0.425 e. The van der Waals surface area contributed by atoms with E-state index in [0.29, 0.717) is 16.3 Å². The Morgan fingerprint density at radius 3 is 2.14 bits per heavy atom. The molecule has 0 amide bonds. The number of carbonyl (C=O) groups is 1. The molecule has 0 saturated heterocycles. The SMILES string of the molecule is CS(=O)(=O)NCCNc1nc(N)nc(Nc2ccc(-c3nc4ccc(C(=O)O)c(S(=O)(=O)O)c4s3)cc2)n1.O=S(=O)=O. The maximum Gasteiger partial charge on any atom is 0.425 e. The van der Waals surface area contributed by atoms with Crippen LogP contribution in [0.2, 0.25) is 0 Å². The Bertz CT molecular complexity index is 1960. The number of anilines is 4. The predicted molar refractivity (Wildman–Crippen MR) is 150 cm³/mol. The van der Waals surface area contributed by atoms with Gasteiger partial charge in [0.2, 0.25) is 27.9 Å². The van der Waals surface area contributed by atoms with E-state index in [-0.39, 0.29) is 41.2 Å². The van der Waals surface area contributed by atoms with Crippen LogP contribution in [-0.2, 0) is 30.8 Å². The van der Waals surface area contributed by atoms with Crippen molar-refractivity contribution in [2.24, 2.45) is 0 Å². The highest BCUT2D eigenvalue weighted by molar-refractivity contribution is 7.88. The molecular formula is C20H20N8O10S4. The minimum Gasteiger partial charge on any atom is -0.478 e. The summed E-state index contributed by atoms with van der Waals surface area (Å²) in [5.74, 6) is -1.30. The number of fused-ring (bicyclic) bond motifs is 1. The van der Waals surface area contributed by atoms with Gasteiger partial charge in [0, 0.05) is 24.3 Å². The molecule has 42 heavy (non-hydrogen) atoms. The van der Waals surface area contributed by atoms with E-state index < -0.39 is 47.2 Å². The summed E-state index contributed by atoms with van der Waals surface area (Å²) in [4.78, 5) is 27.3. The van der Waals surface area contributed by atoms with Crippen molar-refractivity contribution < 1.29 is 43.9 Å². The van der Waals surface area contributed by atoms with E-state index >= 15 is 0 Å². The quantitative estimate of drug-likeness (QED) is 0.0989. The van der Waals surface area contributed by atoms with Gasteiger partial charge < -0.3 is 21.5 Å². The fourth-order valence-electron chi connectivity index (χ4n) is 3.28. The van der Waals surface area contributed by atoms with Crippen molar-refractivity contribution in [3.8, 4) is 10.6 Å². The van der Waals surface area contributed by atoms with Gasteiger partial charge in [0.05, 0.1) is 22.0 Å². The van der Waals surface area contributed by atoms with Gasteiger partial charge in [0.1, 0.15) is 9.90 Å². The number of aromatic nitrogens is 4. The molecule has 0 unspecified atom stereocenters. The van der Waals surface area contributed by atoms with Crippen LogP contribution < -0.4 is 21.1 Å². The van der Waals surface area contributed by atoms with Crippen molar-refractivity contribution in [1.82, 2.24) is 24.7 Å². The number of carboxylic acids is 1. The standard InChI is InChI=1S/C20H20N8O7S3.O3S/c1-37(31,32)23-9-8-22-19-26-18(21)27-20(28-19)24-11-4-2-10(3-5-11)16-25-13-7-6-12(17(29)30)15(14(13)36-16)38(33,34)35;1-4(2)3/h2-7,23H,8-9H2,1H3,(H,29,30)(H,33,34,35)(H4,21,22,24,26,27,28);. The first kappa shape index (κ1) is 32.2. The fourth-order valence-corrected chi connectivity index (χ4v) is 5.98. The van der Waals surface area contributed by atoms with Crippen molar-refractivity contribution in [2.45, 2.75) is 4.90 Å². The fraction of sp³-hybridized carbons (Fsp3) is 0.150. The lowest BCUT2D eigenvalue weighted by Crippen LogP contribution is -2.28. The minimum absolute atomic E-state index is 0.0250. The summed E-state index contributed by atoms with van der Waals surface area (Å²) in [5.41, 5.74) is 6.58. The van der Waals surface area contributed by atoms with Gasteiger partial charge >= 0.3 is 16.6 Å². The number of nitrogens with zero attached hydrogens (tertiary/aromatic N) is 4. The molecule has 0 bridgehead atoms. The normalized spacial score (nSPS) is 11.4. The molecule has 22 heteroatoms. The zero-order chi connectivity index (χ0) is 31.2. The van der Waals surface area contributed by atoms with E-state index in [1.54, 1.807) is 24.3 Å². The molecule has 18 nitrogen and oxygen atoms in total. The molecule has 7 N–H and O–H groups in total. The van der Waals surface area contributed by atoms with E-state index in [2.05, 4.69) is 35.3 Å². The topological polar surface area (TPSA) is 291 Å². The van der Waals surface area contributed by atoms with E-state index in [1.807, 2.05) is 0 Å². The highest BCUT2D eigenvalue weighted by Gasteiger charge is 2.26. The average Bonchev–Trinajstić information content (AvgIpc) is 3.29. The molecule has 0 aliphatic rings. The first-order valence-electron chi connectivity index (χ1n) is 11.0. The molecule has 2 heterocycles. The molecule has 0 fully saturated rings. The maximum atomic E-state index is 11.9. The molecular weight excluding hydrogens is 641 g/mol. The van der Waals surface area contributed by atoms with Crippen LogP contribution in [0.1, 0.15) is 10.4 Å². The summed E-state index contributed by atoms with van der Waals surface area (Å²) in [6.07, 6.45) is 1.05. The van der Waals surface area contributed by atoms with E-state index in [4.69, 9.17) is 18.4 Å². The molecule has 0 atom stereocenters. The number of benzene rings is 2. The number of carboxylic acid groups (broad SMARTS) is 1. The van der Waals surface area contributed by atoms with Gasteiger partial charge in [-0.15, -0.1) is 24.0 Å². The molecule has 2 aromatic carbocycles. The van der Waals surface area contributed by atoms with Crippen LogP contribution in [0.15, 0.2) is 41.3 Å². The summed E-state index contributed by atoms with van der Waals surface area (Å²) < 4.78 is 83.4. The number of thiazole rings is 1. The molecule has 0 aliphatic heterocycles. The van der Waals surface area contributed by atoms with Crippen LogP contribution in [0, 0.1) is 0 Å². The largest absolute Gasteiger partial charge is 0.478 e. The predicted octanol–water partition coefficient (Wildman–Crippen LogP) is 0.376. The lowest BCUT2D eigenvalue weighted by atomic mass is 10.2. The second-order valence-corrected chi connectivity index (χ2v) is 12.5. The summed E-state index contributed by atoms with van der Waals surface area (Å²) >= 11 is 0.925. The molecule has 224 valence electrons. The Morgan fingerprint density at radius 1 is 0.952 bits per heavy atom. The van der Waals surface area contributed by atoms with Gasteiger partial charge in [-0.2, -0.15) is 23.4 Å². The molecule has 0 spiro atoms. The third-order valence-electron chi connectivity index (χ3n) is 4.81. The van der Waals surface area contributed by atoms with Crippen molar-refractivity contribution in [3.05, 3.63) is 42.0 Å². The highest BCUT2D eigenvalue weighted by atomic mass is 32.2. The average molecular weight is 661 g/mol. The summed E-state index contributed by atoms with van der Waals surface area (Å²) in [6.45, 7) is 0.323.